The average molecular weight is 273 g/mol. The first kappa shape index (κ1) is 13.9. The summed E-state index contributed by atoms with van der Waals surface area (Å²) in [7, 11) is 0. The van der Waals surface area contributed by atoms with Crippen molar-refractivity contribution in [3.63, 3.8) is 0 Å². The molecule has 0 heterocycles. The fourth-order valence-corrected chi connectivity index (χ4v) is 4.53. The molecule has 3 atom stereocenters. The SMILES string of the molecule is CC(C)NCC1(Cc2cccc(O)c2)CC2CCC1C2. The molecule has 0 amide bonds. The molecule has 2 aliphatic rings. The zero-order valence-electron chi connectivity index (χ0n) is 12.7. The molecule has 2 bridgehead atoms. The Labute approximate surface area is 122 Å². The van der Waals surface area contributed by atoms with Crippen LogP contribution in [0.4, 0.5) is 0 Å². The van der Waals surface area contributed by atoms with E-state index in [4.69, 9.17) is 0 Å². The van der Waals surface area contributed by atoms with E-state index >= 15 is 0 Å². The molecule has 2 fully saturated rings. The summed E-state index contributed by atoms with van der Waals surface area (Å²) in [5.41, 5.74) is 1.71. The number of fused-ring (bicyclic) bond motifs is 2. The fourth-order valence-electron chi connectivity index (χ4n) is 4.53. The van der Waals surface area contributed by atoms with E-state index < -0.39 is 0 Å². The van der Waals surface area contributed by atoms with Gasteiger partial charge in [-0.3, -0.25) is 0 Å². The van der Waals surface area contributed by atoms with Crippen molar-refractivity contribution in [3.05, 3.63) is 29.8 Å². The average Bonchev–Trinajstić information content (AvgIpc) is 2.97. The first-order valence-corrected chi connectivity index (χ1v) is 8.09. The van der Waals surface area contributed by atoms with Crippen LogP contribution in [-0.2, 0) is 6.42 Å². The molecule has 1 aromatic carbocycles. The van der Waals surface area contributed by atoms with Gasteiger partial charge in [0.1, 0.15) is 5.75 Å². The Kier molecular flexibility index (Phi) is 3.76. The number of phenols is 1. The quantitative estimate of drug-likeness (QED) is 0.856. The van der Waals surface area contributed by atoms with E-state index in [0.717, 1.165) is 24.8 Å². The van der Waals surface area contributed by atoms with Crippen molar-refractivity contribution >= 4 is 0 Å². The predicted molar refractivity (Wildman–Crippen MR) is 82.8 cm³/mol. The van der Waals surface area contributed by atoms with Gasteiger partial charge in [-0.2, -0.15) is 0 Å². The standard InChI is InChI=1S/C18H27NO/c1-13(2)19-12-18(11-15-6-7-16(18)8-15)10-14-4-3-5-17(20)9-14/h3-5,9,13,15-16,19-20H,6-8,10-12H2,1-2H3. The molecule has 0 radical (unpaired) electrons. The van der Waals surface area contributed by atoms with Gasteiger partial charge in [-0.05, 0) is 60.6 Å². The van der Waals surface area contributed by atoms with Crippen molar-refractivity contribution in [2.24, 2.45) is 17.3 Å². The van der Waals surface area contributed by atoms with Gasteiger partial charge >= 0.3 is 0 Å². The number of phenolic OH excluding ortho intramolecular Hbond substituents is 1. The molecule has 0 spiro atoms. The largest absolute Gasteiger partial charge is 0.508 e. The van der Waals surface area contributed by atoms with Crippen molar-refractivity contribution in [1.29, 1.82) is 0 Å². The molecule has 1 aromatic rings. The number of benzene rings is 1. The highest BCUT2D eigenvalue weighted by Gasteiger charge is 2.50. The van der Waals surface area contributed by atoms with E-state index in [-0.39, 0.29) is 0 Å². The Bertz CT molecular complexity index is 470. The summed E-state index contributed by atoms with van der Waals surface area (Å²) in [6, 6.07) is 8.41. The summed E-state index contributed by atoms with van der Waals surface area (Å²) in [6.07, 6.45) is 6.76. The minimum absolute atomic E-state index is 0.401. The monoisotopic (exact) mass is 273 g/mol. The summed E-state index contributed by atoms with van der Waals surface area (Å²) in [5, 5.41) is 13.4. The minimum Gasteiger partial charge on any atom is -0.508 e. The van der Waals surface area contributed by atoms with E-state index in [9.17, 15) is 5.11 Å². The Morgan fingerprint density at radius 1 is 1.35 bits per heavy atom. The predicted octanol–water partition coefficient (Wildman–Crippen LogP) is 3.74. The second-order valence-electron chi connectivity index (χ2n) is 7.32. The molecule has 2 aliphatic carbocycles. The first-order valence-electron chi connectivity index (χ1n) is 8.09. The topological polar surface area (TPSA) is 32.3 Å². The maximum Gasteiger partial charge on any atom is 0.115 e. The van der Waals surface area contributed by atoms with Gasteiger partial charge in [-0.15, -0.1) is 0 Å². The van der Waals surface area contributed by atoms with E-state index in [0.29, 0.717) is 17.2 Å². The third-order valence-electron chi connectivity index (χ3n) is 5.43. The lowest BCUT2D eigenvalue weighted by Crippen LogP contribution is -2.42. The molecule has 0 saturated heterocycles. The van der Waals surface area contributed by atoms with Crippen LogP contribution in [0.5, 0.6) is 5.75 Å². The van der Waals surface area contributed by atoms with Crippen LogP contribution in [0.2, 0.25) is 0 Å². The zero-order chi connectivity index (χ0) is 14.2. The van der Waals surface area contributed by atoms with Gasteiger partial charge in [0.25, 0.3) is 0 Å². The third kappa shape index (κ3) is 2.71. The molecule has 20 heavy (non-hydrogen) atoms. The van der Waals surface area contributed by atoms with Crippen molar-refractivity contribution in [2.45, 2.75) is 52.0 Å². The smallest absolute Gasteiger partial charge is 0.115 e. The van der Waals surface area contributed by atoms with Crippen LogP contribution in [0.25, 0.3) is 0 Å². The van der Waals surface area contributed by atoms with E-state index in [1.807, 2.05) is 12.1 Å². The number of aromatic hydroxyl groups is 1. The zero-order valence-corrected chi connectivity index (χ0v) is 12.7. The molecule has 2 nitrogen and oxygen atoms in total. The molecule has 2 N–H and O–H groups in total. The molecule has 3 unspecified atom stereocenters. The van der Waals surface area contributed by atoms with E-state index in [2.05, 4.69) is 25.2 Å². The highest BCUT2D eigenvalue weighted by atomic mass is 16.3. The highest BCUT2D eigenvalue weighted by molar-refractivity contribution is 5.28. The van der Waals surface area contributed by atoms with Crippen molar-refractivity contribution < 1.29 is 5.11 Å². The minimum atomic E-state index is 0.401. The van der Waals surface area contributed by atoms with Crippen LogP contribution in [0, 0.1) is 17.3 Å². The van der Waals surface area contributed by atoms with Gasteiger partial charge in [0.05, 0.1) is 0 Å². The molecule has 110 valence electrons. The van der Waals surface area contributed by atoms with Crippen LogP contribution in [0.15, 0.2) is 24.3 Å². The fraction of sp³-hybridized carbons (Fsp3) is 0.667. The molecule has 3 rings (SSSR count). The van der Waals surface area contributed by atoms with Gasteiger partial charge in [-0.25, -0.2) is 0 Å². The molecule has 0 aromatic heterocycles. The Hall–Kier alpha value is -1.02. The van der Waals surface area contributed by atoms with Crippen LogP contribution in [0.1, 0.15) is 45.1 Å². The third-order valence-corrected chi connectivity index (χ3v) is 5.43. The lowest BCUT2D eigenvalue weighted by molar-refractivity contribution is 0.152. The first-order chi connectivity index (χ1) is 9.57. The van der Waals surface area contributed by atoms with E-state index in [1.54, 1.807) is 6.07 Å². The second-order valence-corrected chi connectivity index (χ2v) is 7.32. The number of hydrogen-bond acceptors (Lipinski definition) is 2. The highest BCUT2D eigenvalue weighted by Crippen LogP contribution is 2.57. The maximum absolute atomic E-state index is 9.71. The summed E-state index contributed by atoms with van der Waals surface area (Å²) < 4.78 is 0. The maximum atomic E-state index is 9.71. The van der Waals surface area contributed by atoms with E-state index in [1.165, 1.54) is 31.2 Å². The normalized spacial score (nSPS) is 32.1. The Morgan fingerprint density at radius 3 is 2.80 bits per heavy atom. The lowest BCUT2D eigenvalue weighted by atomic mass is 9.69. The summed E-state index contributed by atoms with van der Waals surface area (Å²) in [4.78, 5) is 0. The van der Waals surface area contributed by atoms with Crippen LogP contribution < -0.4 is 5.32 Å². The van der Waals surface area contributed by atoms with Crippen molar-refractivity contribution in [2.75, 3.05) is 6.54 Å². The summed E-state index contributed by atoms with van der Waals surface area (Å²) >= 11 is 0. The van der Waals surface area contributed by atoms with Gasteiger partial charge < -0.3 is 10.4 Å². The van der Waals surface area contributed by atoms with Crippen LogP contribution in [-0.4, -0.2) is 17.7 Å². The molecule has 2 heteroatoms. The molecular weight excluding hydrogens is 246 g/mol. The Morgan fingerprint density at radius 2 is 2.20 bits per heavy atom. The molecule has 0 aliphatic heterocycles. The van der Waals surface area contributed by atoms with Crippen molar-refractivity contribution in [1.82, 2.24) is 5.32 Å². The second kappa shape index (κ2) is 5.40. The van der Waals surface area contributed by atoms with Gasteiger partial charge in [-0.1, -0.05) is 32.4 Å². The molecular formula is C18H27NO. The Balaban J connectivity index is 1.79. The summed E-state index contributed by atoms with van der Waals surface area (Å²) in [6.45, 7) is 5.59. The van der Waals surface area contributed by atoms with Crippen LogP contribution in [0.3, 0.4) is 0 Å². The van der Waals surface area contributed by atoms with Gasteiger partial charge in [0, 0.05) is 12.6 Å². The lowest BCUT2D eigenvalue weighted by Gasteiger charge is -2.39. The molecule has 2 saturated carbocycles. The van der Waals surface area contributed by atoms with Gasteiger partial charge in [0.15, 0.2) is 0 Å². The van der Waals surface area contributed by atoms with Crippen LogP contribution >= 0.6 is 0 Å². The number of rotatable bonds is 5. The number of nitrogens with one attached hydrogen (secondary N) is 1. The van der Waals surface area contributed by atoms with Crippen molar-refractivity contribution in [3.8, 4) is 5.75 Å². The number of hydrogen-bond donors (Lipinski definition) is 2. The van der Waals surface area contributed by atoms with Gasteiger partial charge in [0.2, 0.25) is 0 Å². The summed E-state index contributed by atoms with van der Waals surface area (Å²) in [5.74, 6) is 2.23.